The zero-order chi connectivity index (χ0) is 14.7. The summed E-state index contributed by atoms with van der Waals surface area (Å²) < 4.78 is 7.15. The van der Waals surface area contributed by atoms with Crippen LogP contribution in [0.25, 0.3) is 0 Å². The summed E-state index contributed by atoms with van der Waals surface area (Å²) >= 11 is 0. The van der Waals surface area contributed by atoms with Crippen molar-refractivity contribution in [2.45, 2.75) is 37.8 Å². The van der Waals surface area contributed by atoms with Crippen molar-refractivity contribution in [2.75, 3.05) is 26.3 Å². The van der Waals surface area contributed by atoms with Crippen molar-refractivity contribution < 1.29 is 9.53 Å². The lowest BCUT2D eigenvalue weighted by Gasteiger charge is -2.26. The molecule has 0 aromatic carbocycles. The van der Waals surface area contributed by atoms with Gasteiger partial charge in [-0.2, -0.15) is 5.10 Å². The van der Waals surface area contributed by atoms with E-state index in [9.17, 15) is 4.79 Å². The smallest absolute Gasteiger partial charge is 0.234 e. The number of ether oxygens (including phenoxy) is 1. The van der Waals surface area contributed by atoms with Crippen molar-refractivity contribution in [3.8, 4) is 0 Å². The maximum Gasteiger partial charge on any atom is 0.234 e. The molecule has 2 saturated heterocycles. The first kappa shape index (κ1) is 14.5. The molecule has 0 spiro atoms. The SMILES string of the molecule is Cn1cc([C@@H]2CCCN2CC(=O)NC2CCOCC2)cn1. The van der Waals surface area contributed by atoms with Crippen molar-refractivity contribution in [3.05, 3.63) is 18.0 Å². The lowest BCUT2D eigenvalue weighted by molar-refractivity contribution is -0.123. The van der Waals surface area contributed by atoms with Gasteiger partial charge >= 0.3 is 0 Å². The Morgan fingerprint density at radius 3 is 2.95 bits per heavy atom. The number of aryl methyl sites for hydroxylation is 1. The molecule has 1 aromatic heterocycles. The summed E-state index contributed by atoms with van der Waals surface area (Å²) in [6.45, 7) is 2.98. The molecule has 2 aliphatic rings. The van der Waals surface area contributed by atoms with Crippen LogP contribution in [0.5, 0.6) is 0 Å². The van der Waals surface area contributed by atoms with Crippen molar-refractivity contribution in [2.24, 2.45) is 7.05 Å². The van der Waals surface area contributed by atoms with E-state index >= 15 is 0 Å². The van der Waals surface area contributed by atoms with Gasteiger partial charge in [0.05, 0.1) is 12.7 Å². The molecular weight excluding hydrogens is 268 g/mol. The van der Waals surface area contributed by atoms with Crippen LogP contribution in [0, 0.1) is 0 Å². The Hall–Kier alpha value is -1.40. The number of likely N-dealkylation sites (tertiary alicyclic amines) is 1. The minimum absolute atomic E-state index is 0.137. The zero-order valence-corrected chi connectivity index (χ0v) is 12.6. The third-order valence-corrected chi connectivity index (χ3v) is 4.41. The first-order valence-electron chi connectivity index (χ1n) is 7.82. The topological polar surface area (TPSA) is 59.4 Å². The molecule has 6 heteroatoms. The average molecular weight is 292 g/mol. The summed E-state index contributed by atoms with van der Waals surface area (Å²) in [5.74, 6) is 0.137. The van der Waals surface area contributed by atoms with Crippen molar-refractivity contribution in [3.63, 3.8) is 0 Å². The molecular formula is C15H24N4O2. The Kier molecular flexibility index (Phi) is 4.55. The Labute approximate surface area is 125 Å². The number of amides is 1. The third kappa shape index (κ3) is 3.63. The number of nitrogens with zero attached hydrogens (tertiary/aromatic N) is 3. The fourth-order valence-corrected chi connectivity index (χ4v) is 3.30. The quantitative estimate of drug-likeness (QED) is 0.894. The van der Waals surface area contributed by atoms with Gasteiger partial charge < -0.3 is 10.1 Å². The Bertz CT molecular complexity index is 482. The highest BCUT2D eigenvalue weighted by molar-refractivity contribution is 5.78. The van der Waals surface area contributed by atoms with E-state index < -0.39 is 0 Å². The van der Waals surface area contributed by atoms with Crippen molar-refractivity contribution in [1.82, 2.24) is 20.0 Å². The number of hydrogen-bond acceptors (Lipinski definition) is 4. The monoisotopic (exact) mass is 292 g/mol. The van der Waals surface area contributed by atoms with Crippen LogP contribution in [0.3, 0.4) is 0 Å². The van der Waals surface area contributed by atoms with Gasteiger partial charge in [0.15, 0.2) is 0 Å². The molecule has 0 saturated carbocycles. The number of carbonyl (C=O) groups excluding carboxylic acids is 1. The van der Waals surface area contributed by atoms with E-state index in [4.69, 9.17) is 4.74 Å². The van der Waals surface area contributed by atoms with Gasteiger partial charge in [-0.1, -0.05) is 0 Å². The summed E-state index contributed by atoms with van der Waals surface area (Å²) in [5.41, 5.74) is 1.22. The van der Waals surface area contributed by atoms with Gasteiger partial charge in [0, 0.05) is 44.1 Å². The molecule has 1 aromatic rings. The fourth-order valence-electron chi connectivity index (χ4n) is 3.30. The number of hydrogen-bond donors (Lipinski definition) is 1. The minimum Gasteiger partial charge on any atom is -0.381 e. The second-order valence-electron chi connectivity index (χ2n) is 6.03. The van der Waals surface area contributed by atoms with E-state index in [0.717, 1.165) is 45.4 Å². The van der Waals surface area contributed by atoms with Crippen molar-refractivity contribution >= 4 is 5.91 Å². The number of aromatic nitrogens is 2. The Balaban J connectivity index is 1.54. The molecule has 116 valence electrons. The fraction of sp³-hybridized carbons (Fsp3) is 0.733. The molecule has 6 nitrogen and oxygen atoms in total. The predicted octanol–water partition coefficient (Wildman–Crippen LogP) is 0.852. The van der Waals surface area contributed by atoms with Crippen LogP contribution in [-0.2, 0) is 16.6 Å². The molecule has 1 amide bonds. The number of rotatable bonds is 4. The summed E-state index contributed by atoms with van der Waals surface area (Å²) in [6.07, 6.45) is 8.08. The molecule has 0 radical (unpaired) electrons. The average Bonchev–Trinajstić information content (AvgIpc) is 3.08. The van der Waals surface area contributed by atoms with Crippen LogP contribution in [0.15, 0.2) is 12.4 Å². The summed E-state index contributed by atoms with van der Waals surface area (Å²) in [7, 11) is 1.93. The molecule has 0 aliphatic carbocycles. The first-order chi connectivity index (χ1) is 10.2. The van der Waals surface area contributed by atoms with Crippen LogP contribution in [-0.4, -0.2) is 52.9 Å². The van der Waals surface area contributed by atoms with E-state index in [1.165, 1.54) is 5.56 Å². The molecule has 0 bridgehead atoms. The lowest BCUT2D eigenvalue weighted by atomic mass is 10.1. The highest BCUT2D eigenvalue weighted by Gasteiger charge is 2.29. The van der Waals surface area contributed by atoms with Crippen molar-refractivity contribution in [1.29, 1.82) is 0 Å². The zero-order valence-electron chi connectivity index (χ0n) is 12.6. The van der Waals surface area contributed by atoms with Gasteiger partial charge in [-0.05, 0) is 32.2 Å². The first-order valence-corrected chi connectivity index (χ1v) is 7.82. The van der Waals surface area contributed by atoms with Crippen LogP contribution in [0.1, 0.15) is 37.3 Å². The standard InChI is InChI=1S/C15H24N4O2/c1-18-10-12(9-16-18)14-3-2-6-19(14)11-15(20)17-13-4-7-21-8-5-13/h9-10,13-14H,2-8,11H2,1H3,(H,17,20)/t14-/m0/s1. The van der Waals surface area contributed by atoms with Crippen LogP contribution in [0.4, 0.5) is 0 Å². The molecule has 2 fully saturated rings. The summed E-state index contributed by atoms with van der Waals surface area (Å²) in [4.78, 5) is 14.5. The maximum absolute atomic E-state index is 12.2. The Morgan fingerprint density at radius 2 is 2.24 bits per heavy atom. The molecule has 1 N–H and O–H groups in total. The maximum atomic E-state index is 12.2. The third-order valence-electron chi connectivity index (χ3n) is 4.41. The van der Waals surface area contributed by atoms with Crippen LogP contribution >= 0.6 is 0 Å². The summed E-state index contributed by atoms with van der Waals surface area (Å²) in [6, 6.07) is 0.616. The highest BCUT2D eigenvalue weighted by Crippen LogP contribution is 2.31. The number of nitrogens with one attached hydrogen (secondary N) is 1. The molecule has 1 atom stereocenters. The van der Waals surface area contributed by atoms with E-state index in [-0.39, 0.29) is 11.9 Å². The summed E-state index contributed by atoms with van der Waals surface area (Å²) in [5, 5.41) is 7.39. The normalized spacial score (nSPS) is 24.3. The molecule has 0 unspecified atom stereocenters. The second-order valence-corrected chi connectivity index (χ2v) is 6.03. The van der Waals surface area contributed by atoms with E-state index in [2.05, 4.69) is 21.5 Å². The molecule has 2 aliphatic heterocycles. The van der Waals surface area contributed by atoms with Gasteiger partial charge in [-0.3, -0.25) is 14.4 Å². The Morgan fingerprint density at radius 1 is 1.43 bits per heavy atom. The lowest BCUT2D eigenvalue weighted by Crippen LogP contribution is -2.44. The van der Waals surface area contributed by atoms with E-state index in [1.54, 1.807) is 0 Å². The van der Waals surface area contributed by atoms with Gasteiger partial charge in [0.2, 0.25) is 5.91 Å². The van der Waals surface area contributed by atoms with Gasteiger partial charge in [-0.25, -0.2) is 0 Å². The predicted molar refractivity (Wildman–Crippen MR) is 78.7 cm³/mol. The van der Waals surface area contributed by atoms with Gasteiger partial charge in [0.1, 0.15) is 0 Å². The van der Waals surface area contributed by atoms with E-state index in [1.807, 2.05) is 17.9 Å². The highest BCUT2D eigenvalue weighted by atomic mass is 16.5. The second kappa shape index (κ2) is 6.58. The largest absolute Gasteiger partial charge is 0.381 e. The molecule has 3 rings (SSSR count). The number of carbonyl (C=O) groups is 1. The molecule has 21 heavy (non-hydrogen) atoms. The van der Waals surface area contributed by atoms with E-state index in [0.29, 0.717) is 12.6 Å². The van der Waals surface area contributed by atoms with Gasteiger partial charge in [-0.15, -0.1) is 0 Å². The van der Waals surface area contributed by atoms with Crippen LogP contribution < -0.4 is 5.32 Å². The molecule has 3 heterocycles. The minimum atomic E-state index is 0.137. The van der Waals surface area contributed by atoms with Crippen LogP contribution in [0.2, 0.25) is 0 Å². The van der Waals surface area contributed by atoms with Gasteiger partial charge in [0.25, 0.3) is 0 Å².